The summed E-state index contributed by atoms with van der Waals surface area (Å²) in [7, 11) is 0. The molecule has 0 spiro atoms. The van der Waals surface area contributed by atoms with Crippen molar-refractivity contribution in [2.75, 3.05) is 19.8 Å². The zero-order chi connectivity index (χ0) is 27.5. The Morgan fingerprint density at radius 2 is 1.82 bits per heavy atom. The number of ether oxygens (including phenoxy) is 3. The second kappa shape index (κ2) is 14.7. The number of aliphatic hydroxyl groups is 1. The lowest BCUT2D eigenvalue weighted by molar-refractivity contribution is -0.240. The van der Waals surface area contributed by atoms with Crippen molar-refractivity contribution >= 4 is 5.57 Å². The second-order valence-corrected chi connectivity index (χ2v) is 9.15. The summed E-state index contributed by atoms with van der Waals surface area (Å²) in [6.07, 6.45) is 6.95. The van der Waals surface area contributed by atoms with Crippen LogP contribution in [0.4, 0.5) is 13.2 Å². The number of hydrogen-bond donors (Lipinski definition) is 1. The summed E-state index contributed by atoms with van der Waals surface area (Å²) in [6.45, 7) is 10.0. The molecule has 1 N–H and O–H groups in total. The zero-order valence-electron chi connectivity index (χ0n) is 21.7. The lowest BCUT2D eigenvalue weighted by atomic mass is 9.98. The molecule has 0 aromatic heterocycles. The van der Waals surface area contributed by atoms with Crippen molar-refractivity contribution in [3.05, 3.63) is 96.9 Å². The molecule has 0 saturated carbocycles. The number of benzene rings is 2. The van der Waals surface area contributed by atoms with E-state index in [0.29, 0.717) is 42.8 Å². The average molecular weight is 529 g/mol. The van der Waals surface area contributed by atoms with Gasteiger partial charge >= 0.3 is 0 Å². The van der Waals surface area contributed by atoms with E-state index in [9.17, 15) is 18.3 Å². The quantitative estimate of drug-likeness (QED) is 0.166. The smallest absolute Gasteiger partial charge is 0.201 e. The van der Waals surface area contributed by atoms with Crippen LogP contribution in [0.1, 0.15) is 38.2 Å². The third-order valence-electron chi connectivity index (χ3n) is 6.14. The van der Waals surface area contributed by atoms with Crippen LogP contribution in [0.2, 0.25) is 0 Å². The van der Waals surface area contributed by atoms with Gasteiger partial charge in [0.05, 0.1) is 19.8 Å². The molecule has 38 heavy (non-hydrogen) atoms. The van der Waals surface area contributed by atoms with Crippen LogP contribution in [0.15, 0.2) is 79.7 Å². The maximum atomic E-state index is 14.9. The fourth-order valence-corrected chi connectivity index (χ4v) is 4.15. The topological polar surface area (TPSA) is 47.9 Å². The van der Waals surface area contributed by atoms with E-state index in [4.69, 9.17) is 14.2 Å². The molecule has 1 aliphatic heterocycles. The SMILES string of the molecule is C=C/C=C(\C=C(\F)CC1COC(C(O)CCC)OC1)c1ccc(-c2ccc(OCCC=C)c(F)c2F)cc1. The Morgan fingerprint density at radius 3 is 2.45 bits per heavy atom. The van der Waals surface area contributed by atoms with Crippen molar-refractivity contribution in [2.45, 2.75) is 45.0 Å². The molecule has 204 valence electrons. The summed E-state index contributed by atoms with van der Waals surface area (Å²) >= 11 is 0. The van der Waals surface area contributed by atoms with E-state index in [-0.39, 0.29) is 36.1 Å². The third-order valence-corrected chi connectivity index (χ3v) is 6.14. The highest BCUT2D eigenvalue weighted by molar-refractivity contribution is 5.77. The molecule has 0 aliphatic carbocycles. The van der Waals surface area contributed by atoms with Gasteiger partial charge in [-0.3, -0.25) is 0 Å². The van der Waals surface area contributed by atoms with Crippen molar-refractivity contribution in [1.82, 2.24) is 0 Å². The van der Waals surface area contributed by atoms with Crippen LogP contribution in [0.25, 0.3) is 16.7 Å². The highest BCUT2D eigenvalue weighted by Gasteiger charge is 2.28. The van der Waals surface area contributed by atoms with Gasteiger partial charge < -0.3 is 19.3 Å². The first kappa shape index (κ1) is 29.4. The van der Waals surface area contributed by atoms with Crippen molar-refractivity contribution in [2.24, 2.45) is 5.92 Å². The van der Waals surface area contributed by atoms with Gasteiger partial charge in [-0.05, 0) is 47.8 Å². The Morgan fingerprint density at radius 1 is 1.11 bits per heavy atom. The zero-order valence-corrected chi connectivity index (χ0v) is 21.7. The van der Waals surface area contributed by atoms with E-state index >= 15 is 0 Å². The molecular formula is C31H35F3O4. The Balaban J connectivity index is 1.68. The molecule has 2 aromatic carbocycles. The summed E-state index contributed by atoms with van der Waals surface area (Å²) in [5, 5.41) is 10.0. The van der Waals surface area contributed by atoms with E-state index in [1.807, 2.05) is 6.92 Å². The minimum atomic E-state index is -1.05. The predicted molar refractivity (Wildman–Crippen MR) is 144 cm³/mol. The summed E-state index contributed by atoms with van der Waals surface area (Å²) < 4.78 is 60.6. The highest BCUT2D eigenvalue weighted by atomic mass is 19.2. The molecule has 2 aromatic rings. The van der Waals surface area contributed by atoms with Crippen molar-refractivity contribution in [1.29, 1.82) is 0 Å². The molecule has 0 radical (unpaired) electrons. The van der Waals surface area contributed by atoms with Crippen LogP contribution in [0.5, 0.6) is 5.75 Å². The van der Waals surface area contributed by atoms with Crippen LogP contribution < -0.4 is 4.74 Å². The first-order valence-electron chi connectivity index (χ1n) is 12.8. The molecule has 1 aliphatic rings. The molecule has 1 unspecified atom stereocenters. The number of halogens is 3. The Hall–Kier alpha value is -3.13. The molecule has 0 amide bonds. The molecule has 1 atom stereocenters. The Labute approximate surface area is 222 Å². The van der Waals surface area contributed by atoms with Crippen LogP contribution in [-0.4, -0.2) is 37.3 Å². The normalized spacial score (nSPS) is 19.2. The van der Waals surface area contributed by atoms with Crippen LogP contribution in [0.3, 0.4) is 0 Å². The van der Waals surface area contributed by atoms with Gasteiger partial charge in [-0.1, -0.05) is 62.4 Å². The van der Waals surface area contributed by atoms with Gasteiger partial charge in [-0.15, -0.1) is 6.58 Å². The highest BCUT2D eigenvalue weighted by Crippen LogP contribution is 2.32. The number of allylic oxidation sites excluding steroid dienone is 5. The van der Waals surface area contributed by atoms with Crippen molar-refractivity contribution in [3.63, 3.8) is 0 Å². The number of aliphatic hydroxyl groups excluding tert-OH is 1. The molecule has 1 heterocycles. The lowest BCUT2D eigenvalue weighted by Gasteiger charge is -2.31. The van der Waals surface area contributed by atoms with Crippen LogP contribution in [-0.2, 0) is 9.47 Å². The van der Waals surface area contributed by atoms with Gasteiger partial charge in [0, 0.05) is 17.9 Å². The van der Waals surface area contributed by atoms with Gasteiger partial charge in [0.2, 0.25) is 5.82 Å². The predicted octanol–water partition coefficient (Wildman–Crippen LogP) is 7.55. The van der Waals surface area contributed by atoms with Crippen LogP contribution >= 0.6 is 0 Å². The van der Waals surface area contributed by atoms with E-state index < -0.39 is 24.0 Å². The summed E-state index contributed by atoms with van der Waals surface area (Å²) in [6, 6.07) is 9.60. The fraction of sp³-hybridized carbons (Fsp3) is 0.355. The van der Waals surface area contributed by atoms with Gasteiger partial charge in [-0.25, -0.2) is 8.78 Å². The van der Waals surface area contributed by atoms with E-state index in [1.165, 1.54) is 18.2 Å². The first-order valence-corrected chi connectivity index (χ1v) is 12.8. The maximum absolute atomic E-state index is 14.9. The van der Waals surface area contributed by atoms with Crippen molar-refractivity contribution < 1.29 is 32.5 Å². The van der Waals surface area contributed by atoms with Crippen molar-refractivity contribution in [3.8, 4) is 16.9 Å². The van der Waals surface area contributed by atoms with Gasteiger partial charge in [0.15, 0.2) is 17.9 Å². The average Bonchev–Trinajstić information content (AvgIpc) is 2.92. The Bertz CT molecular complexity index is 1130. The summed E-state index contributed by atoms with van der Waals surface area (Å²) in [4.78, 5) is 0. The van der Waals surface area contributed by atoms with E-state index in [2.05, 4.69) is 13.2 Å². The fourth-order valence-electron chi connectivity index (χ4n) is 4.15. The van der Waals surface area contributed by atoms with E-state index in [1.54, 1.807) is 42.5 Å². The Kier molecular flexibility index (Phi) is 11.4. The minimum Gasteiger partial charge on any atom is -0.490 e. The van der Waals surface area contributed by atoms with Crippen LogP contribution in [0, 0.1) is 17.6 Å². The summed E-state index contributed by atoms with van der Waals surface area (Å²) in [5.74, 6) is -2.72. The minimum absolute atomic E-state index is 0.0979. The number of rotatable bonds is 13. The molecule has 3 rings (SSSR count). The maximum Gasteiger partial charge on any atom is 0.201 e. The first-order chi connectivity index (χ1) is 18.4. The molecule has 1 fully saturated rings. The second-order valence-electron chi connectivity index (χ2n) is 9.15. The largest absolute Gasteiger partial charge is 0.490 e. The molecule has 4 nitrogen and oxygen atoms in total. The third kappa shape index (κ3) is 7.93. The van der Waals surface area contributed by atoms with Gasteiger partial charge in [-0.2, -0.15) is 4.39 Å². The molecule has 0 bridgehead atoms. The van der Waals surface area contributed by atoms with Gasteiger partial charge in [0.25, 0.3) is 0 Å². The molecule has 1 saturated heterocycles. The molecule has 7 heteroatoms. The van der Waals surface area contributed by atoms with E-state index in [0.717, 1.165) is 6.42 Å². The molecular weight excluding hydrogens is 493 g/mol. The number of hydrogen-bond acceptors (Lipinski definition) is 4. The lowest BCUT2D eigenvalue weighted by Crippen LogP contribution is -2.39. The van der Waals surface area contributed by atoms with Gasteiger partial charge in [0.1, 0.15) is 11.9 Å². The monoisotopic (exact) mass is 528 g/mol. The summed E-state index contributed by atoms with van der Waals surface area (Å²) in [5.41, 5.74) is 1.84. The standard InChI is InChI=1S/C31H35F3O4/c1-4-7-16-36-28-15-14-26(29(33)30(28)34)23-12-10-22(11-13-23)24(8-5-2)18-25(32)17-21-19-37-31(38-20-21)27(35)9-6-3/h4-5,8,10-15,18,21,27,31,35H,1-2,6-7,9,16-17,19-20H2,3H3/b24-8+,25-18+.